The molecule has 17 heavy (non-hydrogen) atoms. The lowest BCUT2D eigenvalue weighted by molar-refractivity contribution is 0.371. The standard InChI is InChI=1S/C14H22N2S/c1-11-4-2-6-13(14(11)15)17-9-7-12-5-3-8-16-10-12/h2,4,6,12,16H,3,5,7-10,15H2,1H3. The summed E-state index contributed by atoms with van der Waals surface area (Å²) < 4.78 is 0. The Hall–Kier alpha value is -0.670. The van der Waals surface area contributed by atoms with Crippen LogP contribution in [0.15, 0.2) is 23.1 Å². The molecular weight excluding hydrogens is 228 g/mol. The zero-order valence-corrected chi connectivity index (χ0v) is 11.4. The van der Waals surface area contributed by atoms with Gasteiger partial charge in [-0.2, -0.15) is 0 Å². The highest BCUT2D eigenvalue weighted by Gasteiger charge is 2.12. The van der Waals surface area contributed by atoms with Crippen molar-refractivity contribution in [1.29, 1.82) is 0 Å². The summed E-state index contributed by atoms with van der Waals surface area (Å²) in [4.78, 5) is 1.24. The number of thioether (sulfide) groups is 1. The Morgan fingerprint density at radius 1 is 1.47 bits per heavy atom. The van der Waals surface area contributed by atoms with Crippen LogP contribution in [0.1, 0.15) is 24.8 Å². The third kappa shape index (κ3) is 3.65. The van der Waals surface area contributed by atoms with E-state index in [1.807, 2.05) is 11.8 Å². The van der Waals surface area contributed by atoms with Crippen LogP contribution in [-0.4, -0.2) is 18.8 Å². The van der Waals surface area contributed by atoms with Crippen LogP contribution in [0.2, 0.25) is 0 Å². The van der Waals surface area contributed by atoms with Crippen molar-refractivity contribution in [3.05, 3.63) is 23.8 Å². The normalized spacial score (nSPS) is 20.4. The number of nitrogens with two attached hydrogens (primary N) is 1. The number of aryl methyl sites for hydroxylation is 1. The third-order valence-electron chi connectivity index (χ3n) is 3.47. The maximum absolute atomic E-state index is 6.07. The molecule has 1 heterocycles. The Kier molecular flexibility index (Phi) is 4.75. The van der Waals surface area contributed by atoms with Gasteiger partial charge in [0.1, 0.15) is 0 Å². The predicted octanol–water partition coefficient (Wildman–Crippen LogP) is 3.06. The van der Waals surface area contributed by atoms with Crippen LogP contribution >= 0.6 is 11.8 Å². The quantitative estimate of drug-likeness (QED) is 0.637. The number of rotatable bonds is 4. The maximum atomic E-state index is 6.07. The third-order valence-corrected chi connectivity index (χ3v) is 4.57. The van der Waals surface area contributed by atoms with E-state index >= 15 is 0 Å². The summed E-state index contributed by atoms with van der Waals surface area (Å²) >= 11 is 1.90. The first kappa shape index (κ1) is 12.8. The van der Waals surface area contributed by atoms with Crippen LogP contribution in [0.25, 0.3) is 0 Å². The Labute approximate surface area is 108 Å². The number of hydrogen-bond acceptors (Lipinski definition) is 3. The Bertz CT molecular complexity index is 359. The van der Waals surface area contributed by atoms with Gasteiger partial charge in [0, 0.05) is 10.6 Å². The molecule has 2 rings (SSSR count). The van der Waals surface area contributed by atoms with Crippen molar-refractivity contribution in [3.8, 4) is 0 Å². The minimum Gasteiger partial charge on any atom is -0.398 e. The molecule has 1 saturated heterocycles. The molecule has 1 unspecified atom stereocenters. The molecule has 1 aliphatic rings. The average molecular weight is 250 g/mol. The first-order chi connectivity index (χ1) is 8.27. The average Bonchev–Trinajstić information content (AvgIpc) is 2.36. The number of benzene rings is 1. The predicted molar refractivity (Wildman–Crippen MR) is 76.5 cm³/mol. The highest BCUT2D eigenvalue weighted by Crippen LogP contribution is 2.29. The molecular formula is C14H22N2S. The molecule has 0 aliphatic carbocycles. The van der Waals surface area contributed by atoms with Crippen LogP contribution in [0.3, 0.4) is 0 Å². The lowest BCUT2D eigenvalue weighted by Crippen LogP contribution is -2.29. The second-order valence-corrected chi connectivity index (χ2v) is 5.97. The number of hydrogen-bond donors (Lipinski definition) is 2. The summed E-state index contributed by atoms with van der Waals surface area (Å²) in [5.41, 5.74) is 8.22. The highest BCUT2D eigenvalue weighted by atomic mass is 32.2. The van der Waals surface area contributed by atoms with Gasteiger partial charge in [0.05, 0.1) is 0 Å². The minimum atomic E-state index is 0.863. The first-order valence-corrected chi connectivity index (χ1v) is 7.44. The van der Waals surface area contributed by atoms with Gasteiger partial charge in [-0.3, -0.25) is 0 Å². The highest BCUT2D eigenvalue weighted by molar-refractivity contribution is 7.99. The van der Waals surface area contributed by atoms with Crippen LogP contribution < -0.4 is 11.1 Å². The Morgan fingerprint density at radius 2 is 2.35 bits per heavy atom. The van der Waals surface area contributed by atoms with Crippen molar-refractivity contribution in [2.24, 2.45) is 5.92 Å². The van der Waals surface area contributed by atoms with E-state index < -0.39 is 0 Å². The molecule has 1 fully saturated rings. The summed E-state index contributed by atoms with van der Waals surface area (Å²) in [7, 11) is 0. The first-order valence-electron chi connectivity index (χ1n) is 6.46. The number of piperidine rings is 1. The van der Waals surface area contributed by atoms with Gasteiger partial charge in [0.25, 0.3) is 0 Å². The fourth-order valence-electron chi connectivity index (χ4n) is 2.29. The van der Waals surface area contributed by atoms with Gasteiger partial charge < -0.3 is 11.1 Å². The lowest BCUT2D eigenvalue weighted by atomic mass is 9.97. The number of nitrogens with one attached hydrogen (secondary N) is 1. The van der Waals surface area contributed by atoms with Crippen LogP contribution in [0.4, 0.5) is 5.69 Å². The van der Waals surface area contributed by atoms with Gasteiger partial charge in [0.15, 0.2) is 0 Å². The molecule has 2 nitrogen and oxygen atoms in total. The smallest absolute Gasteiger partial charge is 0.0481 e. The van der Waals surface area contributed by atoms with Crippen molar-refractivity contribution < 1.29 is 0 Å². The SMILES string of the molecule is Cc1cccc(SCCC2CCCNC2)c1N. The van der Waals surface area contributed by atoms with Gasteiger partial charge in [-0.25, -0.2) is 0 Å². The second kappa shape index (κ2) is 6.31. The van der Waals surface area contributed by atoms with E-state index in [1.165, 1.54) is 48.6 Å². The van der Waals surface area contributed by atoms with Gasteiger partial charge in [0.2, 0.25) is 0 Å². The monoisotopic (exact) mass is 250 g/mol. The van der Waals surface area contributed by atoms with Crippen molar-refractivity contribution in [2.45, 2.75) is 31.1 Å². The molecule has 1 aliphatic heterocycles. The molecule has 0 bridgehead atoms. The summed E-state index contributed by atoms with van der Waals surface area (Å²) in [5.74, 6) is 2.04. The fraction of sp³-hybridized carbons (Fsp3) is 0.571. The van der Waals surface area contributed by atoms with E-state index in [-0.39, 0.29) is 0 Å². The molecule has 1 atom stereocenters. The molecule has 94 valence electrons. The Balaban J connectivity index is 1.79. The van der Waals surface area contributed by atoms with E-state index in [0.717, 1.165) is 11.6 Å². The zero-order chi connectivity index (χ0) is 12.1. The number of anilines is 1. The van der Waals surface area contributed by atoms with Crippen LogP contribution in [0.5, 0.6) is 0 Å². The van der Waals surface area contributed by atoms with Crippen molar-refractivity contribution in [3.63, 3.8) is 0 Å². The van der Waals surface area contributed by atoms with E-state index in [1.54, 1.807) is 0 Å². The van der Waals surface area contributed by atoms with Crippen LogP contribution in [0, 0.1) is 12.8 Å². The fourth-order valence-corrected chi connectivity index (χ4v) is 3.45. The van der Waals surface area contributed by atoms with Gasteiger partial charge in [-0.15, -0.1) is 11.8 Å². The van der Waals surface area contributed by atoms with Gasteiger partial charge in [-0.1, -0.05) is 12.1 Å². The van der Waals surface area contributed by atoms with E-state index in [9.17, 15) is 0 Å². The van der Waals surface area contributed by atoms with Gasteiger partial charge >= 0.3 is 0 Å². The molecule has 0 radical (unpaired) electrons. The lowest BCUT2D eigenvalue weighted by Gasteiger charge is -2.22. The number of nitrogen functional groups attached to an aromatic ring is 1. The summed E-state index contributed by atoms with van der Waals surface area (Å²) in [6.07, 6.45) is 4.02. The van der Waals surface area contributed by atoms with Crippen LogP contribution in [-0.2, 0) is 0 Å². The molecule has 3 N–H and O–H groups in total. The maximum Gasteiger partial charge on any atom is 0.0481 e. The van der Waals surface area contributed by atoms with Crippen molar-refractivity contribution in [1.82, 2.24) is 5.32 Å². The van der Waals surface area contributed by atoms with E-state index in [0.29, 0.717) is 0 Å². The molecule has 1 aromatic rings. The second-order valence-electron chi connectivity index (χ2n) is 4.84. The van der Waals surface area contributed by atoms with Gasteiger partial charge in [-0.05, 0) is 62.6 Å². The summed E-state index contributed by atoms with van der Waals surface area (Å²) in [6, 6.07) is 6.30. The molecule has 0 amide bonds. The molecule has 0 spiro atoms. The Morgan fingerprint density at radius 3 is 3.12 bits per heavy atom. The van der Waals surface area contributed by atoms with Crippen molar-refractivity contribution >= 4 is 17.4 Å². The summed E-state index contributed by atoms with van der Waals surface area (Å²) in [5, 5.41) is 3.47. The van der Waals surface area contributed by atoms with E-state index in [4.69, 9.17) is 5.73 Å². The topological polar surface area (TPSA) is 38.0 Å². The molecule has 0 saturated carbocycles. The van der Waals surface area contributed by atoms with E-state index in [2.05, 4.69) is 30.4 Å². The largest absolute Gasteiger partial charge is 0.398 e. The molecule has 0 aromatic heterocycles. The minimum absolute atomic E-state index is 0.863. The molecule has 3 heteroatoms. The van der Waals surface area contributed by atoms with Crippen molar-refractivity contribution in [2.75, 3.05) is 24.6 Å². The number of para-hydroxylation sites is 1. The zero-order valence-electron chi connectivity index (χ0n) is 10.5. The molecule has 1 aromatic carbocycles. The summed E-state index contributed by atoms with van der Waals surface area (Å²) in [6.45, 7) is 4.47.